The zero-order valence-electron chi connectivity index (χ0n) is 14.9. The van der Waals surface area contributed by atoms with E-state index in [1.54, 1.807) is 38.3 Å². The standard InChI is InChI=1S/C18H21N3O4S/c1-4-24-17(22)13(11-19)15(20)14(18(23)25-5-2)16(26-3)21-12-9-7-6-8-10-12/h6-10,21H,4-5,20H2,1-3H3/b15-13-,16-14+. The Hall–Kier alpha value is -2.92. The molecule has 8 heteroatoms. The number of carbonyl (C=O) groups is 2. The summed E-state index contributed by atoms with van der Waals surface area (Å²) in [6, 6.07) is 10.8. The SMILES string of the molecule is CCOC(=O)/C(C#N)=C(N)/C(C(=O)OCC)=C(/Nc1ccccc1)SC. The zero-order chi connectivity index (χ0) is 19.5. The number of para-hydroxylation sites is 1. The van der Waals surface area contributed by atoms with Crippen LogP contribution in [0.3, 0.4) is 0 Å². The van der Waals surface area contributed by atoms with Gasteiger partial charge in [-0.25, -0.2) is 9.59 Å². The Morgan fingerprint density at radius 1 is 1.15 bits per heavy atom. The van der Waals surface area contributed by atoms with Gasteiger partial charge in [0.1, 0.15) is 11.6 Å². The van der Waals surface area contributed by atoms with Gasteiger partial charge in [-0.05, 0) is 32.2 Å². The minimum absolute atomic E-state index is 0.0768. The summed E-state index contributed by atoms with van der Waals surface area (Å²) in [6.07, 6.45) is 1.73. The third-order valence-electron chi connectivity index (χ3n) is 3.07. The molecule has 0 spiro atoms. The topological polar surface area (TPSA) is 114 Å². The maximum atomic E-state index is 12.5. The van der Waals surface area contributed by atoms with Gasteiger partial charge >= 0.3 is 11.9 Å². The fraction of sp³-hybridized carbons (Fsp3) is 0.278. The van der Waals surface area contributed by atoms with E-state index in [1.165, 1.54) is 11.8 Å². The van der Waals surface area contributed by atoms with Crippen LogP contribution in [0.4, 0.5) is 5.69 Å². The largest absolute Gasteiger partial charge is 0.462 e. The highest BCUT2D eigenvalue weighted by atomic mass is 32.2. The molecule has 0 saturated heterocycles. The number of hydrogen-bond acceptors (Lipinski definition) is 8. The normalized spacial score (nSPS) is 12.2. The Labute approximate surface area is 156 Å². The summed E-state index contributed by atoms with van der Waals surface area (Å²) in [7, 11) is 0. The van der Waals surface area contributed by atoms with Crippen LogP contribution in [0.15, 0.2) is 52.2 Å². The molecule has 26 heavy (non-hydrogen) atoms. The average Bonchev–Trinajstić information content (AvgIpc) is 2.63. The van der Waals surface area contributed by atoms with Gasteiger partial charge < -0.3 is 20.5 Å². The lowest BCUT2D eigenvalue weighted by Crippen LogP contribution is -2.22. The lowest BCUT2D eigenvalue weighted by atomic mass is 10.1. The van der Waals surface area contributed by atoms with E-state index in [1.807, 2.05) is 18.2 Å². The smallest absolute Gasteiger partial charge is 0.351 e. The van der Waals surface area contributed by atoms with E-state index < -0.39 is 17.5 Å². The summed E-state index contributed by atoms with van der Waals surface area (Å²) >= 11 is 1.20. The van der Waals surface area contributed by atoms with E-state index in [4.69, 9.17) is 15.2 Å². The first-order valence-corrected chi connectivity index (χ1v) is 9.07. The van der Waals surface area contributed by atoms with Crippen LogP contribution in [0.25, 0.3) is 0 Å². The molecule has 0 radical (unpaired) electrons. The van der Waals surface area contributed by atoms with E-state index in [-0.39, 0.29) is 24.5 Å². The second-order valence-electron chi connectivity index (χ2n) is 4.74. The second-order valence-corrected chi connectivity index (χ2v) is 5.56. The Morgan fingerprint density at radius 2 is 1.73 bits per heavy atom. The van der Waals surface area contributed by atoms with Crippen LogP contribution in [0, 0.1) is 11.3 Å². The third kappa shape index (κ3) is 5.57. The van der Waals surface area contributed by atoms with Gasteiger partial charge in [-0.2, -0.15) is 5.26 Å². The number of rotatable bonds is 8. The summed E-state index contributed by atoms with van der Waals surface area (Å²) in [4.78, 5) is 24.5. The molecule has 0 atom stereocenters. The Morgan fingerprint density at radius 3 is 2.23 bits per heavy atom. The van der Waals surface area contributed by atoms with Crippen LogP contribution in [0.5, 0.6) is 0 Å². The average molecular weight is 375 g/mol. The zero-order valence-corrected chi connectivity index (χ0v) is 15.7. The maximum absolute atomic E-state index is 12.5. The van der Waals surface area contributed by atoms with E-state index in [0.717, 1.165) is 0 Å². The number of benzene rings is 1. The van der Waals surface area contributed by atoms with Crippen molar-refractivity contribution in [3.8, 4) is 6.07 Å². The van der Waals surface area contributed by atoms with Crippen molar-refractivity contribution in [1.82, 2.24) is 0 Å². The maximum Gasteiger partial charge on any atom is 0.351 e. The first-order valence-electron chi connectivity index (χ1n) is 7.84. The first kappa shape index (κ1) is 21.1. The van der Waals surface area contributed by atoms with E-state index in [0.29, 0.717) is 10.7 Å². The molecule has 0 aromatic heterocycles. The van der Waals surface area contributed by atoms with Crippen molar-refractivity contribution in [1.29, 1.82) is 5.26 Å². The molecular weight excluding hydrogens is 354 g/mol. The van der Waals surface area contributed by atoms with E-state index >= 15 is 0 Å². The number of nitrogens with zero attached hydrogens (tertiary/aromatic N) is 1. The Balaban J connectivity index is 3.52. The van der Waals surface area contributed by atoms with Gasteiger partial charge in [0.2, 0.25) is 0 Å². The van der Waals surface area contributed by atoms with Gasteiger partial charge in [-0.3, -0.25) is 0 Å². The lowest BCUT2D eigenvalue weighted by molar-refractivity contribution is -0.138. The molecule has 1 aromatic rings. The van der Waals surface area contributed by atoms with Crippen LogP contribution in [0.1, 0.15) is 13.8 Å². The van der Waals surface area contributed by atoms with Crippen LogP contribution in [0.2, 0.25) is 0 Å². The highest BCUT2D eigenvalue weighted by Gasteiger charge is 2.26. The quantitative estimate of drug-likeness (QED) is 0.308. The number of ether oxygens (including phenoxy) is 2. The van der Waals surface area contributed by atoms with Crippen molar-refractivity contribution in [2.75, 3.05) is 24.8 Å². The molecule has 0 aliphatic carbocycles. The summed E-state index contributed by atoms with van der Waals surface area (Å²) in [5.41, 5.74) is 5.89. The minimum Gasteiger partial charge on any atom is -0.462 e. The summed E-state index contributed by atoms with van der Waals surface area (Å²) in [5, 5.41) is 12.7. The highest BCUT2D eigenvalue weighted by molar-refractivity contribution is 8.02. The Kier molecular flexibility index (Phi) is 8.81. The van der Waals surface area contributed by atoms with Crippen molar-refractivity contribution in [2.24, 2.45) is 5.73 Å². The molecule has 0 fully saturated rings. The van der Waals surface area contributed by atoms with Crippen LogP contribution >= 0.6 is 11.8 Å². The van der Waals surface area contributed by atoms with Gasteiger partial charge in [0, 0.05) is 5.69 Å². The van der Waals surface area contributed by atoms with Crippen molar-refractivity contribution >= 4 is 29.4 Å². The summed E-state index contributed by atoms with van der Waals surface area (Å²) in [6.45, 7) is 3.45. The van der Waals surface area contributed by atoms with Crippen LogP contribution in [-0.2, 0) is 19.1 Å². The number of nitrogens with two attached hydrogens (primary N) is 1. The van der Waals surface area contributed by atoms with Crippen molar-refractivity contribution in [3.05, 3.63) is 52.2 Å². The number of anilines is 1. The fourth-order valence-electron chi connectivity index (χ4n) is 1.94. The molecule has 0 aliphatic rings. The number of carbonyl (C=O) groups excluding carboxylic acids is 2. The Bertz CT molecular complexity index is 751. The number of nitriles is 1. The molecule has 1 aromatic carbocycles. The van der Waals surface area contributed by atoms with Crippen LogP contribution in [-0.4, -0.2) is 31.4 Å². The molecule has 0 heterocycles. The van der Waals surface area contributed by atoms with Gasteiger partial charge in [0.05, 0.1) is 23.9 Å². The molecular formula is C18H21N3O4S. The van der Waals surface area contributed by atoms with Gasteiger partial charge in [0.15, 0.2) is 5.57 Å². The third-order valence-corrected chi connectivity index (χ3v) is 3.79. The first-order chi connectivity index (χ1) is 12.5. The van der Waals surface area contributed by atoms with Crippen molar-refractivity contribution < 1.29 is 19.1 Å². The van der Waals surface area contributed by atoms with Gasteiger partial charge in [-0.15, -0.1) is 11.8 Å². The molecule has 0 amide bonds. The highest BCUT2D eigenvalue weighted by Crippen LogP contribution is 2.26. The fourth-order valence-corrected chi connectivity index (χ4v) is 2.56. The van der Waals surface area contributed by atoms with Gasteiger partial charge in [0.25, 0.3) is 0 Å². The van der Waals surface area contributed by atoms with Crippen molar-refractivity contribution in [2.45, 2.75) is 13.8 Å². The number of thioether (sulfide) groups is 1. The molecule has 0 unspecified atom stereocenters. The summed E-state index contributed by atoms with van der Waals surface area (Å²) in [5.74, 6) is -1.63. The van der Waals surface area contributed by atoms with Crippen molar-refractivity contribution in [3.63, 3.8) is 0 Å². The van der Waals surface area contributed by atoms with E-state index in [2.05, 4.69) is 5.32 Å². The summed E-state index contributed by atoms with van der Waals surface area (Å²) < 4.78 is 9.89. The molecule has 0 aliphatic heterocycles. The predicted molar refractivity (Wildman–Crippen MR) is 101 cm³/mol. The molecule has 3 N–H and O–H groups in total. The molecule has 7 nitrogen and oxygen atoms in total. The van der Waals surface area contributed by atoms with Gasteiger partial charge in [-0.1, -0.05) is 18.2 Å². The second kappa shape index (κ2) is 10.8. The molecule has 0 saturated carbocycles. The molecule has 138 valence electrons. The lowest BCUT2D eigenvalue weighted by Gasteiger charge is -2.16. The minimum atomic E-state index is -0.894. The van der Waals surface area contributed by atoms with Crippen LogP contribution < -0.4 is 11.1 Å². The van der Waals surface area contributed by atoms with E-state index in [9.17, 15) is 14.9 Å². The number of esters is 2. The molecule has 0 bridgehead atoms. The monoisotopic (exact) mass is 375 g/mol. The predicted octanol–water partition coefficient (Wildman–Crippen LogP) is 2.54. The number of nitrogens with one attached hydrogen (secondary N) is 1. The number of hydrogen-bond donors (Lipinski definition) is 2. The molecule has 1 rings (SSSR count).